The molecule has 3 aliphatic rings. The van der Waals surface area contributed by atoms with Crippen molar-refractivity contribution in [2.24, 2.45) is 0 Å². The molecule has 2 saturated heterocycles. The molecule has 2 bridgehead atoms. The molecule has 0 spiro atoms. The van der Waals surface area contributed by atoms with Crippen LogP contribution in [0.3, 0.4) is 0 Å². The Hall–Kier alpha value is -1.33. The Labute approximate surface area is 126 Å². The highest BCUT2D eigenvalue weighted by molar-refractivity contribution is 7.95. The Bertz CT molecular complexity index is 711. The monoisotopic (exact) mass is 304 g/mol. The van der Waals surface area contributed by atoms with Crippen molar-refractivity contribution >= 4 is 15.9 Å². The van der Waals surface area contributed by atoms with Crippen LogP contribution in [0.25, 0.3) is 6.08 Å². The number of likely N-dealkylation sites (tertiary alicyclic amines) is 1. The molecule has 21 heavy (non-hydrogen) atoms. The Morgan fingerprint density at radius 1 is 1.10 bits per heavy atom. The normalized spacial score (nSPS) is 30.9. The van der Waals surface area contributed by atoms with Gasteiger partial charge in [0.2, 0.25) is 9.84 Å². The lowest BCUT2D eigenvalue weighted by atomic mass is 10.1. The van der Waals surface area contributed by atoms with Gasteiger partial charge in [0.15, 0.2) is 0 Å². The molecule has 4 rings (SSSR count). The Kier molecular flexibility index (Phi) is 2.91. The molecule has 0 saturated carbocycles. The third kappa shape index (κ3) is 1.94. The quantitative estimate of drug-likeness (QED) is 0.795. The van der Waals surface area contributed by atoms with E-state index in [0.717, 1.165) is 25.1 Å². The third-order valence-electron chi connectivity index (χ3n) is 5.22. The molecule has 1 aromatic rings. The molecule has 1 aromatic carbocycles. The molecule has 2 fully saturated rings. The molecule has 0 aliphatic carbocycles. The van der Waals surface area contributed by atoms with Gasteiger partial charge in [0.05, 0.1) is 4.90 Å². The average Bonchev–Trinajstić information content (AvgIpc) is 2.85. The molecule has 0 amide bonds. The number of fused-ring (bicyclic) bond motifs is 3. The lowest BCUT2D eigenvalue weighted by molar-refractivity contribution is 0.241. The second-order valence-corrected chi connectivity index (χ2v) is 8.17. The van der Waals surface area contributed by atoms with Crippen LogP contribution in [0.1, 0.15) is 24.8 Å². The average molecular weight is 304 g/mol. The summed E-state index contributed by atoms with van der Waals surface area (Å²) in [7, 11) is -1.15. The molecule has 4 nitrogen and oxygen atoms in total. The van der Waals surface area contributed by atoms with Gasteiger partial charge in [0.1, 0.15) is 5.03 Å². The van der Waals surface area contributed by atoms with Gasteiger partial charge in [-0.15, -0.1) is 0 Å². The first-order valence-corrected chi connectivity index (χ1v) is 9.08. The Balaban J connectivity index is 1.69. The number of hydrogen-bond donors (Lipinski definition) is 0. The van der Waals surface area contributed by atoms with Crippen LogP contribution in [0.2, 0.25) is 0 Å². The molecule has 3 heterocycles. The van der Waals surface area contributed by atoms with Crippen molar-refractivity contribution in [2.75, 3.05) is 20.1 Å². The van der Waals surface area contributed by atoms with E-state index >= 15 is 0 Å². The fraction of sp³-hybridized carbons (Fsp3) is 0.500. The smallest absolute Gasteiger partial charge is 0.222 e. The van der Waals surface area contributed by atoms with E-state index in [-0.39, 0.29) is 0 Å². The summed E-state index contributed by atoms with van der Waals surface area (Å²) in [6.45, 7) is 1.66. The highest BCUT2D eigenvalue weighted by Gasteiger charge is 2.39. The highest BCUT2D eigenvalue weighted by Crippen LogP contribution is 2.37. The zero-order chi connectivity index (χ0) is 14.6. The zero-order valence-electron chi connectivity index (χ0n) is 12.2. The maximum Gasteiger partial charge on any atom is 0.222 e. The van der Waals surface area contributed by atoms with Gasteiger partial charge in [-0.05, 0) is 44.0 Å². The van der Waals surface area contributed by atoms with Gasteiger partial charge >= 0.3 is 0 Å². The molecular weight excluding hydrogens is 284 g/mol. The van der Waals surface area contributed by atoms with Gasteiger partial charge in [-0.1, -0.05) is 18.2 Å². The van der Waals surface area contributed by atoms with Gasteiger partial charge in [-0.2, -0.15) is 0 Å². The molecule has 0 N–H and O–H groups in total. The topological polar surface area (TPSA) is 40.6 Å². The molecule has 0 radical (unpaired) electrons. The SMILES string of the molecule is CN1C2CCC1CN(C1=Cc3ccccc3S1(=O)=O)CC2. The second kappa shape index (κ2) is 4.58. The van der Waals surface area contributed by atoms with Crippen LogP contribution in [0, 0.1) is 0 Å². The number of benzene rings is 1. The Morgan fingerprint density at radius 3 is 2.67 bits per heavy atom. The van der Waals surface area contributed by atoms with Crippen LogP contribution in [0.15, 0.2) is 34.2 Å². The van der Waals surface area contributed by atoms with Crippen LogP contribution < -0.4 is 0 Å². The van der Waals surface area contributed by atoms with Crippen LogP contribution in [-0.2, 0) is 9.84 Å². The van der Waals surface area contributed by atoms with E-state index in [1.165, 1.54) is 12.8 Å². The van der Waals surface area contributed by atoms with Crippen molar-refractivity contribution in [3.8, 4) is 0 Å². The van der Waals surface area contributed by atoms with Gasteiger partial charge in [0, 0.05) is 25.2 Å². The first-order chi connectivity index (χ1) is 10.1. The maximum absolute atomic E-state index is 12.8. The maximum atomic E-state index is 12.8. The van der Waals surface area contributed by atoms with Crippen LogP contribution >= 0.6 is 0 Å². The van der Waals surface area contributed by atoms with E-state index in [1.54, 1.807) is 12.1 Å². The van der Waals surface area contributed by atoms with E-state index in [0.29, 0.717) is 22.0 Å². The van der Waals surface area contributed by atoms with Crippen molar-refractivity contribution < 1.29 is 8.42 Å². The number of likely N-dealkylation sites (N-methyl/N-ethyl adjacent to an activating group) is 1. The summed E-state index contributed by atoms with van der Waals surface area (Å²) in [4.78, 5) is 4.99. The zero-order valence-corrected chi connectivity index (χ0v) is 13.0. The van der Waals surface area contributed by atoms with Crippen molar-refractivity contribution in [1.82, 2.24) is 9.80 Å². The van der Waals surface area contributed by atoms with E-state index in [4.69, 9.17) is 0 Å². The summed E-state index contributed by atoms with van der Waals surface area (Å²) in [5, 5.41) is 0.504. The molecule has 2 unspecified atom stereocenters. The number of hydrogen-bond acceptors (Lipinski definition) is 4. The van der Waals surface area contributed by atoms with E-state index in [9.17, 15) is 8.42 Å². The summed E-state index contributed by atoms with van der Waals surface area (Å²) in [6.07, 6.45) is 5.33. The van der Waals surface area contributed by atoms with Gasteiger partial charge < -0.3 is 4.90 Å². The van der Waals surface area contributed by atoms with Gasteiger partial charge in [-0.25, -0.2) is 8.42 Å². The number of nitrogens with zero attached hydrogens (tertiary/aromatic N) is 2. The Morgan fingerprint density at radius 2 is 1.86 bits per heavy atom. The van der Waals surface area contributed by atoms with Crippen molar-refractivity contribution in [3.05, 3.63) is 34.9 Å². The highest BCUT2D eigenvalue weighted by atomic mass is 32.2. The second-order valence-electron chi connectivity index (χ2n) is 6.31. The van der Waals surface area contributed by atoms with Gasteiger partial charge in [-0.3, -0.25) is 4.90 Å². The summed E-state index contributed by atoms with van der Waals surface area (Å²) in [6, 6.07) is 8.39. The lowest BCUT2D eigenvalue weighted by Crippen LogP contribution is -2.37. The van der Waals surface area contributed by atoms with Crippen molar-refractivity contribution in [2.45, 2.75) is 36.2 Å². The molecule has 3 aliphatic heterocycles. The van der Waals surface area contributed by atoms with Crippen LogP contribution in [-0.4, -0.2) is 50.4 Å². The third-order valence-corrected chi connectivity index (χ3v) is 7.10. The molecule has 112 valence electrons. The fourth-order valence-corrected chi connectivity index (χ4v) is 5.65. The van der Waals surface area contributed by atoms with E-state index in [1.807, 2.05) is 18.2 Å². The number of sulfone groups is 1. The first kappa shape index (κ1) is 13.3. The summed E-state index contributed by atoms with van der Waals surface area (Å²) < 4.78 is 25.5. The molecule has 2 atom stereocenters. The van der Waals surface area contributed by atoms with E-state index in [2.05, 4.69) is 16.8 Å². The molecule has 5 heteroatoms. The number of rotatable bonds is 1. The minimum absolute atomic E-state index is 0.461. The molecule has 0 aromatic heterocycles. The first-order valence-electron chi connectivity index (χ1n) is 7.60. The van der Waals surface area contributed by atoms with Crippen molar-refractivity contribution in [3.63, 3.8) is 0 Å². The van der Waals surface area contributed by atoms with Gasteiger partial charge in [0.25, 0.3) is 0 Å². The summed E-state index contributed by atoms with van der Waals surface area (Å²) in [5.41, 5.74) is 0.829. The van der Waals surface area contributed by atoms with E-state index < -0.39 is 9.84 Å². The standard InChI is InChI=1S/C16H20N2O2S/c1-17-13-6-7-14(17)11-18(9-8-13)16-10-12-4-2-3-5-15(12)21(16,19)20/h2-5,10,13-14H,6-9,11H2,1H3. The van der Waals surface area contributed by atoms with Crippen LogP contribution in [0.5, 0.6) is 0 Å². The molecular formula is C16H20N2O2S. The minimum atomic E-state index is -3.33. The predicted octanol–water partition coefficient (Wildman–Crippen LogP) is 1.94. The van der Waals surface area contributed by atoms with Crippen molar-refractivity contribution in [1.29, 1.82) is 0 Å². The predicted molar refractivity (Wildman–Crippen MR) is 82.4 cm³/mol. The van der Waals surface area contributed by atoms with Crippen LogP contribution in [0.4, 0.5) is 0 Å². The summed E-state index contributed by atoms with van der Waals surface area (Å²) >= 11 is 0. The lowest BCUT2D eigenvalue weighted by Gasteiger charge is -2.27. The largest absolute Gasteiger partial charge is 0.360 e. The summed E-state index contributed by atoms with van der Waals surface area (Å²) in [5.74, 6) is 0. The fourth-order valence-electron chi connectivity index (χ4n) is 3.94. The minimum Gasteiger partial charge on any atom is -0.360 e.